The van der Waals surface area contributed by atoms with Gasteiger partial charge < -0.3 is 16.4 Å². The minimum absolute atomic E-state index is 0.0885. The number of hydrogen-bond acceptors (Lipinski definition) is 7. The Morgan fingerprint density at radius 2 is 1.61 bits per heavy atom. The van der Waals surface area contributed by atoms with Crippen molar-refractivity contribution in [3.63, 3.8) is 0 Å². The van der Waals surface area contributed by atoms with Crippen LogP contribution in [0, 0.1) is 0 Å². The lowest BCUT2D eigenvalue weighted by molar-refractivity contribution is -0.130. The Kier molecular flexibility index (Phi) is 7.52. The summed E-state index contributed by atoms with van der Waals surface area (Å²) in [4.78, 5) is 35.2. The van der Waals surface area contributed by atoms with Crippen LogP contribution in [0.15, 0.2) is 24.3 Å². The van der Waals surface area contributed by atoms with E-state index >= 15 is 0 Å². The molecule has 4 N–H and O–H groups in total. The van der Waals surface area contributed by atoms with Crippen molar-refractivity contribution in [2.24, 2.45) is 5.73 Å². The second kappa shape index (κ2) is 9.01. The van der Waals surface area contributed by atoms with Crippen LogP contribution in [0.1, 0.15) is 12.0 Å². The summed E-state index contributed by atoms with van der Waals surface area (Å²) in [5, 5.41) is 4.60. The number of sulfonamides is 2. The number of rotatable bonds is 9. The summed E-state index contributed by atoms with van der Waals surface area (Å²) in [7, 11) is -7.09. The van der Waals surface area contributed by atoms with Gasteiger partial charge in [0.2, 0.25) is 37.8 Å². The number of benzene rings is 1. The van der Waals surface area contributed by atoms with Gasteiger partial charge in [0.1, 0.15) is 6.04 Å². The van der Waals surface area contributed by atoms with E-state index in [1.54, 1.807) is 0 Å². The number of nitrogens with zero attached hydrogens (tertiary/aromatic N) is 1. The molecular formula is C15H22N4O7S2. The maximum Gasteiger partial charge on any atom is 0.245 e. The van der Waals surface area contributed by atoms with E-state index in [2.05, 4.69) is 10.6 Å². The lowest BCUT2D eigenvalue weighted by Gasteiger charge is -2.23. The van der Waals surface area contributed by atoms with Gasteiger partial charge in [-0.2, -0.15) is 3.71 Å². The molecule has 0 fully saturated rings. The van der Waals surface area contributed by atoms with E-state index in [1.165, 1.54) is 31.3 Å². The number of para-hydroxylation sites is 1. The van der Waals surface area contributed by atoms with Gasteiger partial charge in [0, 0.05) is 7.05 Å². The van der Waals surface area contributed by atoms with Crippen molar-refractivity contribution in [2.75, 3.05) is 23.3 Å². The Balaban J connectivity index is 3.22. The minimum atomic E-state index is -4.20. The molecule has 0 aliphatic rings. The van der Waals surface area contributed by atoms with Gasteiger partial charge in [-0.05, 0) is 11.6 Å². The maximum absolute atomic E-state index is 12.3. The van der Waals surface area contributed by atoms with Crippen molar-refractivity contribution < 1.29 is 31.2 Å². The van der Waals surface area contributed by atoms with Crippen LogP contribution in [0.2, 0.25) is 0 Å². The molecule has 0 saturated carbocycles. The summed E-state index contributed by atoms with van der Waals surface area (Å²) in [5.41, 5.74) is 4.94. The highest BCUT2D eigenvalue weighted by Crippen LogP contribution is 2.26. The number of nitrogens with one attached hydrogen (secondary N) is 2. The number of nitrogens with two attached hydrogens (primary N) is 1. The van der Waals surface area contributed by atoms with Gasteiger partial charge in [-0.25, -0.2) is 16.8 Å². The molecule has 3 amide bonds. The number of amides is 3. The SMILES string of the molecule is CNC(=O)[C@H](CC(N)=O)NC(=O)Cc1ccccc1N(S(C)(=O)=O)S(C)(=O)=O. The molecule has 0 aliphatic heterocycles. The molecule has 0 saturated heterocycles. The first-order valence-electron chi connectivity index (χ1n) is 7.85. The van der Waals surface area contributed by atoms with Crippen LogP contribution in [0.25, 0.3) is 0 Å². The highest BCUT2D eigenvalue weighted by molar-refractivity contribution is 8.09. The van der Waals surface area contributed by atoms with Gasteiger partial charge in [-0.15, -0.1) is 0 Å². The standard InChI is InChI=1S/C15H22N4O7S2/c1-17-15(22)11(9-13(16)20)18-14(21)8-10-6-4-5-7-12(10)19(27(2,23)24)28(3,25)26/h4-7,11H,8-9H2,1-3H3,(H2,16,20)(H,17,22)(H,18,21)/t11-/m0/s1. The molecule has 1 aromatic rings. The Morgan fingerprint density at radius 3 is 2.07 bits per heavy atom. The van der Waals surface area contributed by atoms with Gasteiger partial charge in [0.25, 0.3) is 0 Å². The number of carbonyl (C=O) groups is 3. The predicted molar refractivity (Wildman–Crippen MR) is 102 cm³/mol. The first-order valence-corrected chi connectivity index (χ1v) is 11.5. The molecule has 0 spiro atoms. The van der Waals surface area contributed by atoms with E-state index < -0.39 is 56.7 Å². The summed E-state index contributed by atoms with van der Waals surface area (Å²) in [6, 6.07) is 4.31. The second-order valence-corrected chi connectivity index (χ2v) is 9.83. The monoisotopic (exact) mass is 434 g/mol. The summed E-state index contributed by atoms with van der Waals surface area (Å²) in [5.74, 6) is -2.19. The fourth-order valence-electron chi connectivity index (χ4n) is 2.44. The molecule has 1 aromatic carbocycles. The molecule has 0 bridgehead atoms. The molecule has 1 rings (SSSR count). The lowest BCUT2D eigenvalue weighted by atomic mass is 10.1. The summed E-state index contributed by atoms with van der Waals surface area (Å²) < 4.78 is 48.2. The maximum atomic E-state index is 12.3. The Labute approximate surface area is 163 Å². The summed E-state index contributed by atoms with van der Waals surface area (Å²) in [6.45, 7) is 0. The lowest BCUT2D eigenvalue weighted by Crippen LogP contribution is -2.48. The van der Waals surface area contributed by atoms with Crippen LogP contribution < -0.4 is 20.1 Å². The van der Waals surface area contributed by atoms with Crippen LogP contribution >= 0.6 is 0 Å². The molecule has 28 heavy (non-hydrogen) atoms. The van der Waals surface area contributed by atoms with E-state index in [1.807, 2.05) is 0 Å². The third kappa shape index (κ3) is 6.49. The fourth-order valence-corrected chi connectivity index (χ4v) is 5.48. The molecular weight excluding hydrogens is 412 g/mol. The average Bonchev–Trinajstić information content (AvgIpc) is 2.52. The quantitative estimate of drug-likeness (QED) is 0.405. The van der Waals surface area contributed by atoms with Gasteiger partial charge in [0.05, 0.1) is 31.0 Å². The van der Waals surface area contributed by atoms with Crippen LogP contribution in [0.3, 0.4) is 0 Å². The summed E-state index contributed by atoms with van der Waals surface area (Å²) >= 11 is 0. The highest BCUT2D eigenvalue weighted by atomic mass is 32.3. The Morgan fingerprint density at radius 1 is 1.07 bits per heavy atom. The predicted octanol–water partition coefficient (Wildman–Crippen LogP) is -1.94. The van der Waals surface area contributed by atoms with E-state index in [0.717, 1.165) is 12.5 Å². The largest absolute Gasteiger partial charge is 0.370 e. The van der Waals surface area contributed by atoms with Gasteiger partial charge in [0.15, 0.2) is 0 Å². The number of primary amides is 1. The number of anilines is 1. The van der Waals surface area contributed by atoms with Crippen LogP contribution in [-0.2, 0) is 40.9 Å². The first-order chi connectivity index (χ1) is 12.8. The smallest absolute Gasteiger partial charge is 0.245 e. The molecule has 0 heterocycles. The molecule has 0 radical (unpaired) electrons. The van der Waals surface area contributed by atoms with E-state index in [4.69, 9.17) is 5.73 Å². The molecule has 11 nitrogen and oxygen atoms in total. The Bertz CT molecular complexity index is 942. The topological polar surface area (TPSA) is 173 Å². The van der Waals surface area contributed by atoms with Gasteiger partial charge in [-0.1, -0.05) is 18.2 Å². The molecule has 1 atom stereocenters. The van der Waals surface area contributed by atoms with Crippen molar-refractivity contribution in [1.29, 1.82) is 0 Å². The van der Waals surface area contributed by atoms with E-state index in [0.29, 0.717) is 0 Å². The average molecular weight is 434 g/mol. The van der Waals surface area contributed by atoms with E-state index in [9.17, 15) is 31.2 Å². The van der Waals surface area contributed by atoms with Crippen molar-refractivity contribution in [3.8, 4) is 0 Å². The molecule has 156 valence electrons. The van der Waals surface area contributed by atoms with Gasteiger partial charge in [-0.3, -0.25) is 14.4 Å². The summed E-state index contributed by atoms with van der Waals surface area (Å²) in [6.07, 6.45) is 0.564. The number of hydrogen-bond donors (Lipinski definition) is 3. The van der Waals surface area contributed by atoms with Crippen LogP contribution in [-0.4, -0.2) is 60.2 Å². The molecule has 0 unspecified atom stereocenters. The second-order valence-electron chi connectivity index (χ2n) is 5.93. The zero-order chi connectivity index (χ0) is 21.7. The first kappa shape index (κ1) is 23.4. The zero-order valence-electron chi connectivity index (χ0n) is 15.5. The van der Waals surface area contributed by atoms with Crippen LogP contribution in [0.5, 0.6) is 0 Å². The number of likely N-dealkylation sites (N-methyl/N-ethyl adjacent to an activating group) is 1. The zero-order valence-corrected chi connectivity index (χ0v) is 17.1. The third-order valence-electron chi connectivity index (χ3n) is 3.45. The Hall–Kier alpha value is -2.67. The molecule has 0 aliphatic carbocycles. The van der Waals surface area contributed by atoms with Gasteiger partial charge >= 0.3 is 0 Å². The number of carbonyl (C=O) groups excluding carboxylic acids is 3. The van der Waals surface area contributed by atoms with Crippen molar-refractivity contribution in [2.45, 2.75) is 18.9 Å². The van der Waals surface area contributed by atoms with Crippen molar-refractivity contribution >= 4 is 43.5 Å². The molecule has 13 heteroatoms. The highest BCUT2D eigenvalue weighted by Gasteiger charge is 2.30. The van der Waals surface area contributed by atoms with E-state index in [-0.39, 0.29) is 15.0 Å². The van der Waals surface area contributed by atoms with Crippen LogP contribution in [0.4, 0.5) is 5.69 Å². The minimum Gasteiger partial charge on any atom is -0.370 e. The fraction of sp³-hybridized carbons (Fsp3) is 0.400. The van der Waals surface area contributed by atoms with Crippen molar-refractivity contribution in [3.05, 3.63) is 29.8 Å². The molecule has 0 aromatic heterocycles. The van der Waals surface area contributed by atoms with Crippen molar-refractivity contribution in [1.82, 2.24) is 10.6 Å². The normalized spacial score (nSPS) is 12.7. The third-order valence-corrected chi connectivity index (χ3v) is 6.67.